The SMILES string of the molecule is Cc1cc(NC(=O)CN2CCOC(c3n[nH]c(C)n3)C2)on1. The lowest BCUT2D eigenvalue weighted by Crippen LogP contribution is -2.42. The molecule has 1 saturated heterocycles. The van der Waals surface area contributed by atoms with Gasteiger partial charge in [0.05, 0.1) is 18.8 Å². The molecule has 1 fully saturated rings. The molecule has 0 bridgehead atoms. The van der Waals surface area contributed by atoms with Gasteiger partial charge < -0.3 is 9.26 Å². The molecule has 1 amide bonds. The molecule has 0 aliphatic carbocycles. The highest BCUT2D eigenvalue weighted by atomic mass is 16.5. The standard InChI is InChI=1S/C13H18N6O3/c1-8-5-12(22-18-8)15-11(20)7-19-3-4-21-10(6-19)13-14-9(2)16-17-13/h5,10H,3-4,6-7H2,1-2H3,(H,15,20)(H,14,16,17). The highest BCUT2D eigenvalue weighted by molar-refractivity contribution is 5.90. The van der Waals surface area contributed by atoms with E-state index in [1.165, 1.54) is 0 Å². The van der Waals surface area contributed by atoms with Gasteiger partial charge in [-0.25, -0.2) is 4.98 Å². The van der Waals surface area contributed by atoms with Gasteiger partial charge in [-0.1, -0.05) is 5.16 Å². The molecule has 0 spiro atoms. The Labute approximate surface area is 127 Å². The minimum Gasteiger partial charge on any atom is -0.367 e. The summed E-state index contributed by atoms with van der Waals surface area (Å²) in [5.41, 5.74) is 0.724. The zero-order valence-electron chi connectivity index (χ0n) is 12.5. The number of nitrogens with zero attached hydrogens (tertiary/aromatic N) is 4. The van der Waals surface area contributed by atoms with Gasteiger partial charge in [-0.15, -0.1) is 0 Å². The van der Waals surface area contributed by atoms with Crippen LogP contribution in [-0.4, -0.2) is 57.4 Å². The quantitative estimate of drug-likeness (QED) is 0.842. The summed E-state index contributed by atoms with van der Waals surface area (Å²) in [6.45, 7) is 5.67. The first-order valence-electron chi connectivity index (χ1n) is 7.06. The highest BCUT2D eigenvalue weighted by Gasteiger charge is 2.26. The first-order valence-corrected chi connectivity index (χ1v) is 7.06. The third-order valence-corrected chi connectivity index (χ3v) is 3.31. The number of hydrogen-bond acceptors (Lipinski definition) is 7. The molecule has 2 aromatic heterocycles. The fourth-order valence-electron chi connectivity index (χ4n) is 2.31. The number of ether oxygens (including phenoxy) is 1. The van der Waals surface area contributed by atoms with E-state index in [0.29, 0.717) is 31.4 Å². The molecule has 2 N–H and O–H groups in total. The van der Waals surface area contributed by atoms with Crippen LogP contribution in [0.1, 0.15) is 23.4 Å². The topological polar surface area (TPSA) is 109 Å². The molecule has 9 heteroatoms. The Morgan fingerprint density at radius 1 is 1.55 bits per heavy atom. The summed E-state index contributed by atoms with van der Waals surface area (Å²) in [5, 5.41) is 13.3. The van der Waals surface area contributed by atoms with Crippen molar-refractivity contribution >= 4 is 11.8 Å². The average molecular weight is 306 g/mol. The number of rotatable bonds is 4. The first kappa shape index (κ1) is 14.7. The number of carbonyl (C=O) groups excluding carboxylic acids is 1. The van der Waals surface area contributed by atoms with Gasteiger partial charge >= 0.3 is 0 Å². The molecular weight excluding hydrogens is 288 g/mol. The first-order chi connectivity index (χ1) is 10.6. The molecule has 9 nitrogen and oxygen atoms in total. The number of carbonyl (C=O) groups is 1. The van der Waals surface area contributed by atoms with Gasteiger partial charge in [0, 0.05) is 19.2 Å². The number of morpholine rings is 1. The van der Waals surface area contributed by atoms with Crippen LogP contribution in [-0.2, 0) is 9.53 Å². The fraction of sp³-hybridized carbons (Fsp3) is 0.538. The molecule has 0 aromatic carbocycles. The summed E-state index contributed by atoms with van der Waals surface area (Å²) in [4.78, 5) is 18.3. The number of aryl methyl sites for hydroxylation is 2. The predicted molar refractivity (Wildman–Crippen MR) is 76.1 cm³/mol. The third-order valence-electron chi connectivity index (χ3n) is 3.31. The van der Waals surface area contributed by atoms with Gasteiger partial charge in [0.25, 0.3) is 0 Å². The van der Waals surface area contributed by atoms with Gasteiger partial charge in [-0.05, 0) is 13.8 Å². The van der Waals surface area contributed by atoms with E-state index in [-0.39, 0.29) is 18.6 Å². The summed E-state index contributed by atoms with van der Waals surface area (Å²) in [5.74, 6) is 1.57. The zero-order valence-corrected chi connectivity index (χ0v) is 12.5. The van der Waals surface area contributed by atoms with Crippen LogP contribution < -0.4 is 5.32 Å². The van der Waals surface area contributed by atoms with Crippen molar-refractivity contribution in [2.45, 2.75) is 20.0 Å². The minimum atomic E-state index is -0.223. The summed E-state index contributed by atoms with van der Waals surface area (Å²) in [6.07, 6.45) is -0.223. The number of H-pyrrole nitrogens is 1. The van der Waals surface area contributed by atoms with Crippen molar-refractivity contribution in [1.29, 1.82) is 0 Å². The van der Waals surface area contributed by atoms with Crippen molar-refractivity contribution < 1.29 is 14.1 Å². The predicted octanol–water partition coefficient (Wildman–Crippen LogP) is 0.422. The minimum absolute atomic E-state index is 0.150. The molecular formula is C13H18N6O3. The Hall–Kier alpha value is -2.26. The lowest BCUT2D eigenvalue weighted by atomic mass is 10.2. The third kappa shape index (κ3) is 3.49. The van der Waals surface area contributed by atoms with Gasteiger partial charge in [0.2, 0.25) is 11.8 Å². The molecule has 0 radical (unpaired) electrons. The Balaban J connectivity index is 1.54. The van der Waals surface area contributed by atoms with Crippen molar-refractivity contribution in [3.8, 4) is 0 Å². The van der Waals surface area contributed by atoms with Gasteiger partial charge in [-0.2, -0.15) is 5.10 Å². The summed E-state index contributed by atoms with van der Waals surface area (Å²) < 4.78 is 10.6. The molecule has 0 saturated carbocycles. The van der Waals surface area contributed by atoms with Crippen LogP contribution >= 0.6 is 0 Å². The largest absolute Gasteiger partial charge is 0.367 e. The average Bonchev–Trinajstić information content (AvgIpc) is 3.08. The molecule has 2 aromatic rings. The lowest BCUT2D eigenvalue weighted by molar-refractivity contribution is -0.119. The molecule has 3 rings (SSSR count). The van der Waals surface area contributed by atoms with Gasteiger partial charge in [0.15, 0.2) is 5.82 Å². The van der Waals surface area contributed by atoms with E-state index in [1.54, 1.807) is 13.0 Å². The highest BCUT2D eigenvalue weighted by Crippen LogP contribution is 2.19. The Kier molecular flexibility index (Phi) is 4.16. The number of nitrogens with one attached hydrogen (secondary N) is 2. The molecule has 118 valence electrons. The van der Waals surface area contributed by atoms with Crippen molar-refractivity contribution in [3.05, 3.63) is 23.4 Å². The Morgan fingerprint density at radius 3 is 3.09 bits per heavy atom. The Morgan fingerprint density at radius 2 is 2.41 bits per heavy atom. The lowest BCUT2D eigenvalue weighted by Gasteiger charge is -2.30. The van der Waals surface area contributed by atoms with Gasteiger partial charge in [-0.3, -0.25) is 20.1 Å². The molecule has 1 aliphatic rings. The maximum atomic E-state index is 12.0. The van der Waals surface area contributed by atoms with E-state index in [1.807, 2.05) is 11.8 Å². The number of anilines is 1. The maximum Gasteiger partial charge on any atom is 0.240 e. The number of amides is 1. The van der Waals surface area contributed by atoms with E-state index < -0.39 is 0 Å². The van der Waals surface area contributed by atoms with Crippen molar-refractivity contribution in [1.82, 2.24) is 25.2 Å². The van der Waals surface area contributed by atoms with E-state index in [0.717, 1.165) is 11.5 Å². The smallest absolute Gasteiger partial charge is 0.240 e. The monoisotopic (exact) mass is 306 g/mol. The van der Waals surface area contributed by atoms with Crippen LogP contribution in [0.4, 0.5) is 5.88 Å². The molecule has 1 aliphatic heterocycles. The van der Waals surface area contributed by atoms with Crippen LogP contribution in [0.15, 0.2) is 10.6 Å². The van der Waals surface area contributed by atoms with Crippen LogP contribution in [0.3, 0.4) is 0 Å². The van der Waals surface area contributed by atoms with E-state index in [9.17, 15) is 4.79 Å². The van der Waals surface area contributed by atoms with Crippen molar-refractivity contribution in [2.24, 2.45) is 0 Å². The number of aromatic nitrogens is 4. The second-order valence-electron chi connectivity index (χ2n) is 5.25. The van der Waals surface area contributed by atoms with E-state index in [2.05, 4.69) is 25.7 Å². The second kappa shape index (κ2) is 6.24. The zero-order chi connectivity index (χ0) is 15.5. The van der Waals surface area contributed by atoms with Crippen LogP contribution in [0, 0.1) is 13.8 Å². The van der Waals surface area contributed by atoms with E-state index >= 15 is 0 Å². The molecule has 22 heavy (non-hydrogen) atoms. The number of aromatic amines is 1. The fourth-order valence-corrected chi connectivity index (χ4v) is 2.31. The van der Waals surface area contributed by atoms with Crippen LogP contribution in [0.2, 0.25) is 0 Å². The normalized spacial score (nSPS) is 19.3. The van der Waals surface area contributed by atoms with Crippen LogP contribution in [0.5, 0.6) is 0 Å². The molecule has 3 heterocycles. The summed E-state index contributed by atoms with van der Waals surface area (Å²) >= 11 is 0. The van der Waals surface area contributed by atoms with Crippen molar-refractivity contribution in [2.75, 3.05) is 31.6 Å². The number of hydrogen-bond donors (Lipinski definition) is 2. The Bertz CT molecular complexity index is 652. The summed E-state index contributed by atoms with van der Waals surface area (Å²) in [6, 6.07) is 1.68. The van der Waals surface area contributed by atoms with Crippen molar-refractivity contribution in [3.63, 3.8) is 0 Å². The van der Waals surface area contributed by atoms with Crippen LogP contribution in [0.25, 0.3) is 0 Å². The van der Waals surface area contributed by atoms with E-state index in [4.69, 9.17) is 9.26 Å². The van der Waals surface area contributed by atoms with Gasteiger partial charge in [0.1, 0.15) is 11.9 Å². The molecule has 1 atom stereocenters. The maximum absolute atomic E-state index is 12.0. The molecule has 1 unspecified atom stereocenters. The summed E-state index contributed by atoms with van der Waals surface area (Å²) in [7, 11) is 0. The second-order valence-corrected chi connectivity index (χ2v) is 5.25.